The molecular weight excluding hydrogens is 442 g/mol. The Morgan fingerprint density at radius 3 is 2.62 bits per heavy atom. The Bertz CT molecular complexity index is 1050. The molecule has 170 valence electrons. The van der Waals surface area contributed by atoms with E-state index in [0.717, 1.165) is 0 Å². The Morgan fingerprint density at radius 1 is 1.41 bits per heavy atom. The largest absolute Gasteiger partial charge is 0.456 e. The standard InChI is InChI=1S/C20H21N3O8S/c1-11(24)17-15-9-16(32(30)8-7-21-12(2)25)18(22(15)19(17)26)20(27)31-10-13-3-5-14(6-4-13)23(28)29/h3-8,11,15,17,24H,9-10H2,1-2H3,(H,21,25)/b8-7+/t11-,15+,17+,32?/m0/s1. The SMILES string of the molecule is CC(=O)N/C=C/S(=O)C1=C(C(=O)OCc2ccc([N+](=O)[O-])cc2)N2C(=O)[C@H]([C@H](C)O)[C@H]2C1. The molecule has 4 atom stereocenters. The molecule has 0 bridgehead atoms. The average Bonchev–Trinajstić information content (AvgIpc) is 3.06. The lowest BCUT2D eigenvalue weighted by Crippen LogP contribution is -2.61. The third-order valence-corrected chi connectivity index (χ3v) is 6.35. The molecule has 1 aromatic carbocycles. The van der Waals surface area contributed by atoms with Gasteiger partial charge in [-0.25, -0.2) is 9.00 Å². The zero-order valence-electron chi connectivity index (χ0n) is 17.2. The van der Waals surface area contributed by atoms with E-state index in [1.807, 2.05) is 0 Å². The minimum absolute atomic E-state index is 0.111. The zero-order chi connectivity index (χ0) is 23.6. The summed E-state index contributed by atoms with van der Waals surface area (Å²) in [4.78, 5) is 47.9. The second-order valence-electron chi connectivity index (χ2n) is 7.32. The number of aliphatic hydroxyl groups is 1. The summed E-state index contributed by atoms with van der Waals surface area (Å²) in [5, 5.41) is 24.2. The lowest BCUT2D eigenvalue weighted by atomic mass is 9.83. The van der Waals surface area contributed by atoms with Crippen molar-refractivity contribution in [3.63, 3.8) is 0 Å². The van der Waals surface area contributed by atoms with Gasteiger partial charge < -0.3 is 20.1 Å². The van der Waals surface area contributed by atoms with Gasteiger partial charge in [0.25, 0.3) is 5.69 Å². The summed E-state index contributed by atoms with van der Waals surface area (Å²) in [6, 6.07) is 4.90. The number of carbonyl (C=O) groups excluding carboxylic acids is 3. The molecule has 2 heterocycles. The van der Waals surface area contributed by atoms with E-state index >= 15 is 0 Å². The van der Waals surface area contributed by atoms with Crippen LogP contribution in [-0.4, -0.2) is 49.1 Å². The molecular formula is C20H21N3O8S. The molecule has 0 spiro atoms. The summed E-state index contributed by atoms with van der Waals surface area (Å²) < 4.78 is 18.0. The van der Waals surface area contributed by atoms with Crippen LogP contribution < -0.4 is 5.32 Å². The van der Waals surface area contributed by atoms with Gasteiger partial charge in [-0.15, -0.1) is 0 Å². The number of hydrogen-bond donors (Lipinski definition) is 2. The normalized spacial score (nSPS) is 21.7. The van der Waals surface area contributed by atoms with Crippen molar-refractivity contribution in [1.29, 1.82) is 0 Å². The first-order chi connectivity index (χ1) is 15.1. The smallest absolute Gasteiger partial charge is 0.356 e. The van der Waals surface area contributed by atoms with Crippen molar-refractivity contribution in [2.75, 3.05) is 0 Å². The molecule has 11 nitrogen and oxygen atoms in total. The fourth-order valence-electron chi connectivity index (χ4n) is 3.63. The molecule has 0 aliphatic carbocycles. The number of esters is 1. The number of β-lactam (4-membered cyclic amide) rings is 1. The molecule has 1 unspecified atom stereocenters. The predicted octanol–water partition coefficient (Wildman–Crippen LogP) is 0.817. The Balaban J connectivity index is 1.80. The second-order valence-corrected chi connectivity index (χ2v) is 8.68. The molecule has 1 saturated heterocycles. The highest BCUT2D eigenvalue weighted by molar-refractivity contribution is 7.91. The van der Waals surface area contributed by atoms with Gasteiger partial charge >= 0.3 is 5.97 Å². The number of hydrogen-bond acceptors (Lipinski definition) is 8. The number of amides is 2. The zero-order valence-corrected chi connectivity index (χ0v) is 18.0. The van der Waals surface area contributed by atoms with E-state index in [1.165, 1.54) is 54.6 Å². The van der Waals surface area contributed by atoms with Gasteiger partial charge in [-0.2, -0.15) is 0 Å². The maximum absolute atomic E-state index is 12.8. The summed E-state index contributed by atoms with van der Waals surface area (Å²) in [6.07, 6.45) is 0.360. The minimum atomic E-state index is -1.83. The third-order valence-electron chi connectivity index (χ3n) is 5.12. The number of aliphatic hydroxyl groups excluding tert-OH is 1. The van der Waals surface area contributed by atoms with E-state index in [9.17, 15) is 33.8 Å². The summed E-state index contributed by atoms with van der Waals surface area (Å²) in [6.45, 7) is 2.54. The van der Waals surface area contributed by atoms with Crippen LogP contribution in [0.25, 0.3) is 0 Å². The molecule has 2 aliphatic heterocycles. The number of nitrogens with zero attached hydrogens (tertiary/aromatic N) is 2. The molecule has 3 rings (SSSR count). The van der Waals surface area contributed by atoms with Crippen molar-refractivity contribution in [1.82, 2.24) is 10.2 Å². The van der Waals surface area contributed by atoms with Gasteiger partial charge in [0.1, 0.15) is 12.3 Å². The highest BCUT2D eigenvalue weighted by Gasteiger charge is 2.57. The van der Waals surface area contributed by atoms with Crippen molar-refractivity contribution in [3.05, 3.63) is 62.2 Å². The number of ether oxygens (including phenoxy) is 1. The third kappa shape index (κ3) is 4.60. The number of fused-ring (bicyclic) bond motifs is 1. The Kier molecular flexibility index (Phi) is 6.84. The summed E-state index contributed by atoms with van der Waals surface area (Å²) in [5.41, 5.74) is 0.231. The molecule has 0 radical (unpaired) electrons. The van der Waals surface area contributed by atoms with Crippen LogP contribution in [0.5, 0.6) is 0 Å². The monoisotopic (exact) mass is 463 g/mol. The van der Waals surface area contributed by atoms with Crippen molar-refractivity contribution in [2.45, 2.75) is 39.0 Å². The van der Waals surface area contributed by atoms with Gasteiger partial charge in [-0.05, 0) is 24.6 Å². The fraction of sp³-hybridized carbons (Fsp3) is 0.350. The Labute approximate surface area is 185 Å². The molecule has 12 heteroatoms. The highest BCUT2D eigenvalue weighted by atomic mass is 32.2. The van der Waals surface area contributed by atoms with Gasteiger partial charge in [-0.1, -0.05) is 0 Å². The van der Waals surface area contributed by atoms with E-state index in [0.29, 0.717) is 5.56 Å². The second kappa shape index (κ2) is 9.40. The average molecular weight is 463 g/mol. The van der Waals surface area contributed by atoms with Crippen molar-refractivity contribution in [3.8, 4) is 0 Å². The molecule has 32 heavy (non-hydrogen) atoms. The topological polar surface area (TPSA) is 156 Å². The van der Waals surface area contributed by atoms with E-state index in [-0.39, 0.29) is 35.2 Å². The lowest BCUT2D eigenvalue weighted by Gasteiger charge is -2.44. The molecule has 0 saturated carbocycles. The van der Waals surface area contributed by atoms with Crippen LogP contribution in [0.3, 0.4) is 0 Å². The van der Waals surface area contributed by atoms with E-state index in [2.05, 4.69) is 5.32 Å². The van der Waals surface area contributed by atoms with Crippen LogP contribution in [0.1, 0.15) is 25.8 Å². The number of non-ortho nitro benzene ring substituents is 1. The number of carbonyl (C=O) groups is 3. The maximum Gasteiger partial charge on any atom is 0.356 e. The van der Waals surface area contributed by atoms with Crippen molar-refractivity contribution < 1.29 is 33.4 Å². The fourth-order valence-corrected chi connectivity index (χ4v) is 4.69. The first-order valence-corrected chi connectivity index (χ1v) is 10.8. The van der Waals surface area contributed by atoms with Crippen LogP contribution in [0, 0.1) is 16.0 Å². The van der Waals surface area contributed by atoms with E-state index in [1.54, 1.807) is 0 Å². The highest BCUT2D eigenvalue weighted by Crippen LogP contribution is 2.45. The first-order valence-electron chi connectivity index (χ1n) is 9.61. The number of rotatable bonds is 8. The van der Waals surface area contributed by atoms with Gasteiger partial charge in [0.15, 0.2) is 0 Å². The maximum atomic E-state index is 12.8. The quantitative estimate of drug-likeness (QED) is 0.248. The van der Waals surface area contributed by atoms with E-state index in [4.69, 9.17) is 4.74 Å². The Morgan fingerprint density at radius 2 is 2.06 bits per heavy atom. The summed E-state index contributed by atoms with van der Waals surface area (Å²) in [7, 11) is -1.83. The van der Waals surface area contributed by atoms with Crippen LogP contribution in [0.2, 0.25) is 0 Å². The molecule has 2 N–H and O–H groups in total. The molecule has 1 aromatic rings. The van der Waals surface area contributed by atoms with Crippen LogP contribution >= 0.6 is 0 Å². The summed E-state index contributed by atoms with van der Waals surface area (Å²) >= 11 is 0. The van der Waals surface area contributed by atoms with Crippen molar-refractivity contribution in [2.24, 2.45) is 5.92 Å². The number of nitro groups is 1. The molecule has 1 fully saturated rings. The first kappa shape index (κ1) is 23.3. The van der Waals surface area contributed by atoms with Gasteiger partial charge in [0.05, 0.1) is 38.7 Å². The molecule has 2 aliphatic rings. The Hall–Kier alpha value is -3.38. The lowest BCUT2D eigenvalue weighted by molar-refractivity contribution is -0.384. The summed E-state index contributed by atoms with van der Waals surface area (Å²) in [5.74, 6) is -2.43. The van der Waals surface area contributed by atoms with Crippen molar-refractivity contribution >= 4 is 34.3 Å². The van der Waals surface area contributed by atoms with Gasteiger partial charge in [-0.3, -0.25) is 19.7 Å². The minimum Gasteiger partial charge on any atom is -0.456 e. The number of nitrogens with one attached hydrogen (secondary N) is 1. The number of benzene rings is 1. The van der Waals surface area contributed by atoms with Gasteiger partial charge in [0, 0.05) is 37.1 Å². The molecule has 2 amide bonds. The predicted molar refractivity (Wildman–Crippen MR) is 111 cm³/mol. The molecule has 0 aromatic heterocycles. The van der Waals surface area contributed by atoms with Crippen LogP contribution in [-0.2, 0) is 36.5 Å². The van der Waals surface area contributed by atoms with Crippen LogP contribution in [0.15, 0.2) is 46.5 Å². The van der Waals surface area contributed by atoms with Crippen LogP contribution in [0.4, 0.5) is 5.69 Å². The number of nitro benzene ring substituents is 1. The van der Waals surface area contributed by atoms with Gasteiger partial charge in [0.2, 0.25) is 11.8 Å². The van der Waals surface area contributed by atoms with E-state index < -0.39 is 45.7 Å².